The predicted octanol–water partition coefficient (Wildman–Crippen LogP) is 1.22. The van der Waals surface area contributed by atoms with Crippen LogP contribution >= 0.6 is 0 Å². The van der Waals surface area contributed by atoms with Gasteiger partial charge in [0.25, 0.3) is 0 Å². The first-order valence-corrected chi connectivity index (χ1v) is 8.19. The largest absolute Gasteiger partial charge is 0.480 e. The number of nitrogens with zero attached hydrogens (tertiary/aromatic N) is 3. The number of urea groups is 1. The Morgan fingerprint density at radius 3 is 2.38 bits per heavy atom. The molecular weight excluding hydrogens is 270 g/mol. The molecule has 0 radical (unpaired) electrons. The lowest BCUT2D eigenvalue weighted by Gasteiger charge is -2.33. The molecule has 2 amide bonds. The fourth-order valence-electron chi connectivity index (χ4n) is 3.93. The van der Waals surface area contributed by atoms with Crippen LogP contribution in [0.3, 0.4) is 0 Å². The van der Waals surface area contributed by atoms with Crippen LogP contribution in [0.1, 0.15) is 38.5 Å². The zero-order valence-electron chi connectivity index (χ0n) is 12.5. The van der Waals surface area contributed by atoms with Crippen molar-refractivity contribution in [2.45, 2.75) is 50.6 Å². The number of aliphatic carboxylic acids is 1. The molecule has 3 fully saturated rings. The second kappa shape index (κ2) is 6.22. The Bertz CT molecular complexity index is 409. The van der Waals surface area contributed by atoms with Crippen molar-refractivity contribution in [3.05, 3.63) is 0 Å². The molecule has 6 nitrogen and oxygen atoms in total. The van der Waals surface area contributed by atoms with E-state index in [2.05, 4.69) is 4.90 Å². The van der Waals surface area contributed by atoms with E-state index in [1.165, 1.54) is 19.3 Å². The smallest absolute Gasteiger partial charge is 0.326 e. The molecule has 3 saturated heterocycles. The standard InChI is InChI=1S/C15H25N3O3/c19-14(20)13-5-4-9-18(13)15(21)17-10-6-12(11-17)16-7-2-1-3-8-16/h12-13H,1-11H2,(H,19,20). The minimum atomic E-state index is -0.868. The summed E-state index contributed by atoms with van der Waals surface area (Å²) in [6.07, 6.45) is 6.25. The molecule has 2 unspecified atom stereocenters. The lowest BCUT2D eigenvalue weighted by Crippen LogP contribution is -2.48. The van der Waals surface area contributed by atoms with Crippen molar-refractivity contribution in [3.8, 4) is 0 Å². The molecule has 0 aromatic heterocycles. The highest BCUT2D eigenvalue weighted by Crippen LogP contribution is 2.24. The van der Waals surface area contributed by atoms with Crippen LogP contribution in [0.15, 0.2) is 0 Å². The van der Waals surface area contributed by atoms with E-state index in [0.717, 1.165) is 39.0 Å². The molecule has 0 aromatic rings. The summed E-state index contributed by atoms with van der Waals surface area (Å²) in [5.74, 6) is -0.868. The van der Waals surface area contributed by atoms with Gasteiger partial charge in [0.15, 0.2) is 0 Å². The van der Waals surface area contributed by atoms with Gasteiger partial charge in [-0.1, -0.05) is 6.42 Å². The van der Waals surface area contributed by atoms with Crippen molar-refractivity contribution in [1.82, 2.24) is 14.7 Å². The Kier molecular flexibility index (Phi) is 4.33. The molecule has 3 aliphatic rings. The second-order valence-electron chi connectivity index (χ2n) is 6.46. The van der Waals surface area contributed by atoms with Gasteiger partial charge in [-0.2, -0.15) is 0 Å². The number of hydrogen-bond donors (Lipinski definition) is 1. The van der Waals surface area contributed by atoms with E-state index in [4.69, 9.17) is 0 Å². The van der Waals surface area contributed by atoms with Crippen molar-refractivity contribution in [2.24, 2.45) is 0 Å². The summed E-state index contributed by atoms with van der Waals surface area (Å²) in [4.78, 5) is 29.7. The zero-order chi connectivity index (χ0) is 14.8. The molecule has 0 spiro atoms. The van der Waals surface area contributed by atoms with Gasteiger partial charge in [0, 0.05) is 25.7 Å². The molecule has 1 N–H and O–H groups in total. The first-order valence-electron chi connectivity index (χ1n) is 8.19. The van der Waals surface area contributed by atoms with Crippen LogP contribution < -0.4 is 0 Å². The Hall–Kier alpha value is -1.30. The highest BCUT2D eigenvalue weighted by Gasteiger charge is 2.39. The third-order valence-electron chi connectivity index (χ3n) is 5.12. The SMILES string of the molecule is O=C(O)C1CCCN1C(=O)N1CCC(N2CCCCC2)C1. The van der Waals surface area contributed by atoms with Crippen LogP contribution in [-0.4, -0.2) is 76.6 Å². The Morgan fingerprint density at radius 2 is 1.67 bits per heavy atom. The van der Waals surface area contributed by atoms with Gasteiger partial charge in [-0.25, -0.2) is 9.59 Å². The monoisotopic (exact) mass is 295 g/mol. The van der Waals surface area contributed by atoms with Gasteiger partial charge in [-0.3, -0.25) is 4.90 Å². The van der Waals surface area contributed by atoms with E-state index in [1.807, 2.05) is 4.90 Å². The van der Waals surface area contributed by atoms with Crippen LogP contribution in [0.2, 0.25) is 0 Å². The van der Waals surface area contributed by atoms with Crippen LogP contribution in [0, 0.1) is 0 Å². The van der Waals surface area contributed by atoms with Crippen LogP contribution in [0.5, 0.6) is 0 Å². The van der Waals surface area contributed by atoms with Crippen molar-refractivity contribution in [2.75, 3.05) is 32.7 Å². The summed E-state index contributed by atoms with van der Waals surface area (Å²) in [6, 6.07) is -0.217. The molecule has 0 saturated carbocycles. The molecule has 0 bridgehead atoms. The van der Waals surface area contributed by atoms with Gasteiger partial charge >= 0.3 is 12.0 Å². The van der Waals surface area contributed by atoms with E-state index in [9.17, 15) is 14.7 Å². The average Bonchev–Trinajstić information content (AvgIpc) is 3.17. The van der Waals surface area contributed by atoms with Gasteiger partial charge in [0.2, 0.25) is 0 Å². The third-order valence-corrected chi connectivity index (χ3v) is 5.12. The van der Waals surface area contributed by atoms with Crippen molar-refractivity contribution < 1.29 is 14.7 Å². The van der Waals surface area contributed by atoms with Crippen LogP contribution in [-0.2, 0) is 4.79 Å². The van der Waals surface area contributed by atoms with E-state index < -0.39 is 12.0 Å². The number of carbonyl (C=O) groups is 2. The maximum atomic E-state index is 12.6. The Morgan fingerprint density at radius 1 is 0.905 bits per heavy atom. The Balaban J connectivity index is 1.57. The maximum absolute atomic E-state index is 12.6. The number of carboxylic acid groups (broad SMARTS) is 1. The van der Waals surface area contributed by atoms with Crippen LogP contribution in [0.4, 0.5) is 4.79 Å². The molecule has 0 aliphatic carbocycles. The highest BCUT2D eigenvalue weighted by molar-refractivity contribution is 5.83. The number of amides is 2. The number of rotatable bonds is 2. The highest BCUT2D eigenvalue weighted by atomic mass is 16.4. The number of hydrogen-bond acceptors (Lipinski definition) is 3. The fourth-order valence-corrected chi connectivity index (χ4v) is 3.93. The lowest BCUT2D eigenvalue weighted by atomic mass is 10.1. The molecule has 6 heteroatoms. The minimum Gasteiger partial charge on any atom is -0.480 e. The van der Waals surface area contributed by atoms with E-state index in [0.29, 0.717) is 19.0 Å². The zero-order valence-corrected chi connectivity index (χ0v) is 12.5. The molecule has 3 aliphatic heterocycles. The predicted molar refractivity (Wildman–Crippen MR) is 78.2 cm³/mol. The summed E-state index contributed by atoms with van der Waals surface area (Å²) in [5.41, 5.74) is 0. The minimum absolute atomic E-state index is 0.0700. The molecule has 3 heterocycles. The Labute approximate surface area is 125 Å². The average molecular weight is 295 g/mol. The fraction of sp³-hybridized carbons (Fsp3) is 0.867. The number of piperidine rings is 1. The molecule has 3 rings (SSSR count). The lowest BCUT2D eigenvalue weighted by molar-refractivity contribution is -0.141. The number of carbonyl (C=O) groups excluding carboxylic acids is 1. The van der Waals surface area contributed by atoms with Gasteiger partial charge in [0.1, 0.15) is 6.04 Å². The first-order chi connectivity index (χ1) is 10.2. The molecular formula is C15H25N3O3. The van der Waals surface area contributed by atoms with Crippen LogP contribution in [0.25, 0.3) is 0 Å². The molecule has 0 aromatic carbocycles. The molecule has 118 valence electrons. The number of likely N-dealkylation sites (tertiary alicyclic amines) is 3. The van der Waals surface area contributed by atoms with Gasteiger partial charge in [0.05, 0.1) is 0 Å². The number of carboxylic acids is 1. The summed E-state index contributed by atoms with van der Waals surface area (Å²) in [7, 11) is 0. The summed E-state index contributed by atoms with van der Waals surface area (Å²) in [6.45, 7) is 4.41. The van der Waals surface area contributed by atoms with Crippen molar-refractivity contribution in [1.29, 1.82) is 0 Å². The maximum Gasteiger partial charge on any atom is 0.326 e. The van der Waals surface area contributed by atoms with Gasteiger partial charge in [-0.05, 0) is 45.2 Å². The topological polar surface area (TPSA) is 64.1 Å². The normalized spacial score (nSPS) is 30.9. The quantitative estimate of drug-likeness (QED) is 0.832. The van der Waals surface area contributed by atoms with Crippen molar-refractivity contribution >= 4 is 12.0 Å². The first kappa shape index (κ1) is 14.6. The van der Waals surface area contributed by atoms with E-state index in [1.54, 1.807) is 4.90 Å². The summed E-state index contributed by atoms with van der Waals surface area (Å²) >= 11 is 0. The molecule has 21 heavy (non-hydrogen) atoms. The van der Waals surface area contributed by atoms with Crippen molar-refractivity contribution in [3.63, 3.8) is 0 Å². The van der Waals surface area contributed by atoms with Gasteiger partial charge in [-0.15, -0.1) is 0 Å². The van der Waals surface area contributed by atoms with E-state index >= 15 is 0 Å². The van der Waals surface area contributed by atoms with Gasteiger partial charge < -0.3 is 14.9 Å². The second-order valence-corrected chi connectivity index (χ2v) is 6.46. The summed E-state index contributed by atoms with van der Waals surface area (Å²) in [5, 5.41) is 9.21. The third kappa shape index (κ3) is 3.00. The molecule has 2 atom stereocenters. The van der Waals surface area contributed by atoms with E-state index in [-0.39, 0.29) is 6.03 Å². The summed E-state index contributed by atoms with van der Waals surface area (Å²) < 4.78 is 0.